The number of benzene rings is 2. The number of carbonyl (C=O) groups excluding carboxylic acids is 1. The number of rotatable bonds is 4. The molecular formula is C18H17N3OS. The van der Waals surface area contributed by atoms with Crippen LogP contribution in [0.2, 0.25) is 0 Å². The van der Waals surface area contributed by atoms with Crippen molar-refractivity contribution >= 4 is 28.5 Å². The van der Waals surface area contributed by atoms with Crippen LogP contribution in [0, 0.1) is 0 Å². The van der Waals surface area contributed by atoms with E-state index >= 15 is 0 Å². The molecule has 1 amide bonds. The number of hydrogen-bond donors (Lipinski definition) is 0. The van der Waals surface area contributed by atoms with Gasteiger partial charge in [-0.15, -0.1) is 5.10 Å². The lowest BCUT2D eigenvalue weighted by Crippen LogP contribution is -2.28. The van der Waals surface area contributed by atoms with Crippen LogP contribution in [0.15, 0.2) is 70.9 Å². The van der Waals surface area contributed by atoms with Crippen molar-refractivity contribution in [2.45, 2.75) is 13.5 Å². The number of amidine groups is 1. The standard InChI is InChI=1S/C18H17N3OS/c1-14(16-10-6-3-7-11-16)19-20-18-21(17(22)13-23-18)12-15-8-4-2-5-9-15/h2-11H,12-13H2,1H3/b19-14+,20-18+. The van der Waals surface area contributed by atoms with E-state index in [4.69, 9.17) is 0 Å². The Morgan fingerprint density at radius 1 is 1.09 bits per heavy atom. The zero-order valence-corrected chi connectivity index (χ0v) is 13.7. The number of amides is 1. The van der Waals surface area contributed by atoms with Gasteiger partial charge < -0.3 is 0 Å². The van der Waals surface area contributed by atoms with E-state index in [-0.39, 0.29) is 5.91 Å². The predicted octanol–water partition coefficient (Wildman–Crippen LogP) is 3.54. The quantitative estimate of drug-likeness (QED) is 0.638. The van der Waals surface area contributed by atoms with Crippen LogP contribution >= 0.6 is 11.8 Å². The molecule has 0 saturated carbocycles. The molecule has 1 saturated heterocycles. The number of hydrogen-bond acceptors (Lipinski definition) is 4. The van der Waals surface area contributed by atoms with Gasteiger partial charge in [-0.2, -0.15) is 5.10 Å². The van der Waals surface area contributed by atoms with Crippen LogP contribution in [0.3, 0.4) is 0 Å². The third kappa shape index (κ3) is 3.87. The molecular weight excluding hydrogens is 306 g/mol. The van der Waals surface area contributed by atoms with Crippen LogP contribution in [0.4, 0.5) is 0 Å². The van der Waals surface area contributed by atoms with Crippen molar-refractivity contribution in [2.75, 3.05) is 5.75 Å². The molecule has 0 spiro atoms. The summed E-state index contributed by atoms with van der Waals surface area (Å²) in [5.74, 6) is 0.496. The maximum Gasteiger partial charge on any atom is 0.239 e. The molecule has 2 aromatic carbocycles. The minimum absolute atomic E-state index is 0.0742. The van der Waals surface area contributed by atoms with E-state index in [2.05, 4.69) is 10.2 Å². The van der Waals surface area contributed by atoms with Crippen molar-refractivity contribution in [3.05, 3.63) is 71.8 Å². The van der Waals surface area contributed by atoms with Crippen LogP contribution in [-0.2, 0) is 11.3 Å². The largest absolute Gasteiger partial charge is 0.285 e. The van der Waals surface area contributed by atoms with Gasteiger partial charge in [-0.25, -0.2) is 0 Å². The fourth-order valence-electron chi connectivity index (χ4n) is 2.25. The molecule has 1 heterocycles. The first-order chi connectivity index (χ1) is 11.2. The molecule has 0 aliphatic carbocycles. The van der Waals surface area contributed by atoms with Crippen molar-refractivity contribution < 1.29 is 4.79 Å². The molecule has 1 fully saturated rings. The molecule has 2 aromatic rings. The lowest BCUT2D eigenvalue weighted by molar-refractivity contribution is -0.124. The Morgan fingerprint density at radius 2 is 1.74 bits per heavy atom. The molecule has 1 aliphatic rings. The number of thioether (sulfide) groups is 1. The average molecular weight is 323 g/mol. The minimum atomic E-state index is 0.0742. The van der Waals surface area contributed by atoms with Gasteiger partial charge in [0.2, 0.25) is 5.91 Å². The third-order valence-electron chi connectivity index (χ3n) is 3.52. The lowest BCUT2D eigenvalue weighted by atomic mass is 10.1. The van der Waals surface area contributed by atoms with Crippen LogP contribution in [0.25, 0.3) is 0 Å². The summed E-state index contributed by atoms with van der Waals surface area (Å²) in [6.45, 7) is 2.45. The molecule has 23 heavy (non-hydrogen) atoms. The second-order valence-electron chi connectivity index (χ2n) is 5.19. The molecule has 0 radical (unpaired) electrons. The molecule has 0 atom stereocenters. The molecule has 5 heteroatoms. The highest BCUT2D eigenvalue weighted by molar-refractivity contribution is 8.15. The Morgan fingerprint density at radius 3 is 2.43 bits per heavy atom. The summed E-state index contributed by atoms with van der Waals surface area (Å²) in [4.78, 5) is 13.8. The molecule has 116 valence electrons. The molecule has 4 nitrogen and oxygen atoms in total. The minimum Gasteiger partial charge on any atom is -0.285 e. The number of nitrogens with zero attached hydrogens (tertiary/aromatic N) is 3. The van der Waals surface area contributed by atoms with E-state index in [1.54, 1.807) is 4.90 Å². The van der Waals surface area contributed by atoms with Crippen molar-refractivity contribution in [3.63, 3.8) is 0 Å². The Bertz CT molecular complexity index is 741. The van der Waals surface area contributed by atoms with E-state index in [0.717, 1.165) is 16.8 Å². The summed E-state index contributed by atoms with van der Waals surface area (Å²) in [6, 6.07) is 19.8. The first-order valence-electron chi connectivity index (χ1n) is 7.39. The molecule has 0 N–H and O–H groups in total. The monoisotopic (exact) mass is 323 g/mol. The topological polar surface area (TPSA) is 45.0 Å². The SMILES string of the molecule is C/C(=N\N=C1\SCC(=O)N1Cc1ccccc1)c1ccccc1. The average Bonchev–Trinajstić information content (AvgIpc) is 2.94. The predicted molar refractivity (Wildman–Crippen MR) is 95.5 cm³/mol. The second kappa shape index (κ2) is 7.24. The first-order valence-corrected chi connectivity index (χ1v) is 8.37. The van der Waals surface area contributed by atoms with Gasteiger partial charge in [0.1, 0.15) is 0 Å². The molecule has 1 aliphatic heterocycles. The van der Waals surface area contributed by atoms with Gasteiger partial charge in [-0.1, -0.05) is 72.4 Å². The van der Waals surface area contributed by atoms with Crippen molar-refractivity contribution in [1.29, 1.82) is 0 Å². The molecule has 3 rings (SSSR count). The zero-order chi connectivity index (χ0) is 16.1. The second-order valence-corrected chi connectivity index (χ2v) is 6.13. The van der Waals surface area contributed by atoms with Gasteiger partial charge in [-0.05, 0) is 18.1 Å². The van der Waals surface area contributed by atoms with Gasteiger partial charge in [0, 0.05) is 0 Å². The van der Waals surface area contributed by atoms with E-state index in [9.17, 15) is 4.79 Å². The Labute approximate surface area is 139 Å². The van der Waals surface area contributed by atoms with E-state index < -0.39 is 0 Å². The first kappa shape index (κ1) is 15.5. The molecule has 0 aromatic heterocycles. The normalized spacial score (nSPS) is 17.1. The van der Waals surface area contributed by atoms with Crippen LogP contribution in [0.1, 0.15) is 18.1 Å². The van der Waals surface area contributed by atoms with E-state index in [0.29, 0.717) is 17.5 Å². The van der Waals surface area contributed by atoms with Gasteiger partial charge in [-0.3, -0.25) is 9.69 Å². The fourth-order valence-corrected chi connectivity index (χ4v) is 3.08. The third-order valence-corrected chi connectivity index (χ3v) is 4.47. The number of carbonyl (C=O) groups is 1. The van der Waals surface area contributed by atoms with Crippen LogP contribution in [0.5, 0.6) is 0 Å². The van der Waals surface area contributed by atoms with Gasteiger partial charge in [0.25, 0.3) is 0 Å². The molecule has 0 unspecified atom stereocenters. The maximum absolute atomic E-state index is 12.1. The summed E-state index contributed by atoms with van der Waals surface area (Å²) >= 11 is 1.43. The van der Waals surface area contributed by atoms with Crippen molar-refractivity contribution in [1.82, 2.24) is 4.90 Å². The highest BCUT2D eigenvalue weighted by Crippen LogP contribution is 2.22. The summed E-state index contributed by atoms with van der Waals surface area (Å²) in [6.07, 6.45) is 0. The molecule has 0 bridgehead atoms. The highest BCUT2D eigenvalue weighted by atomic mass is 32.2. The Balaban J connectivity index is 1.79. The smallest absolute Gasteiger partial charge is 0.239 e. The van der Waals surface area contributed by atoms with Gasteiger partial charge in [0.05, 0.1) is 18.0 Å². The van der Waals surface area contributed by atoms with Gasteiger partial charge in [0.15, 0.2) is 5.17 Å². The highest BCUT2D eigenvalue weighted by Gasteiger charge is 2.28. The Hall–Kier alpha value is -2.40. The zero-order valence-electron chi connectivity index (χ0n) is 12.8. The summed E-state index contributed by atoms with van der Waals surface area (Å²) in [5.41, 5.74) is 2.94. The van der Waals surface area contributed by atoms with E-state index in [1.807, 2.05) is 67.6 Å². The summed E-state index contributed by atoms with van der Waals surface area (Å²) in [7, 11) is 0. The Kier molecular flexibility index (Phi) is 4.88. The van der Waals surface area contributed by atoms with E-state index in [1.165, 1.54) is 11.8 Å². The van der Waals surface area contributed by atoms with Crippen molar-refractivity contribution in [2.24, 2.45) is 10.2 Å². The van der Waals surface area contributed by atoms with Crippen molar-refractivity contribution in [3.8, 4) is 0 Å². The maximum atomic E-state index is 12.1. The van der Waals surface area contributed by atoms with Gasteiger partial charge >= 0.3 is 0 Å². The van der Waals surface area contributed by atoms with Crippen LogP contribution < -0.4 is 0 Å². The summed E-state index contributed by atoms with van der Waals surface area (Å²) in [5, 5.41) is 9.25. The fraction of sp³-hybridized carbons (Fsp3) is 0.167. The lowest BCUT2D eigenvalue weighted by Gasteiger charge is -2.15. The van der Waals surface area contributed by atoms with Crippen LogP contribution in [-0.4, -0.2) is 27.4 Å². The summed E-state index contributed by atoms with van der Waals surface area (Å²) < 4.78 is 0.